The highest BCUT2D eigenvalue weighted by Gasteiger charge is 2.22. The Labute approximate surface area is 143 Å². The predicted molar refractivity (Wildman–Crippen MR) is 94.2 cm³/mol. The quantitative estimate of drug-likeness (QED) is 0.880. The molecule has 3 rings (SSSR count). The molecule has 5 heteroatoms. The molecule has 0 bridgehead atoms. The molecule has 120 valence electrons. The molecule has 1 aliphatic rings. The molecule has 2 aromatic rings. The van der Waals surface area contributed by atoms with E-state index in [4.69, 9.17) is 16.0 Å². The Morgan fingerprint density at radius 3 is 2.68 bits per heavy atom. The first-order chi connectivity index (χ1) is 10.2. The lowest BCUT2D eigenvalue weighted by molar-refractivity contribution is 0.441. The second-order valence-electron chi connectivity index (χ2n) is 5.72. The molecule has 1 fully saturated rings. The van der Waals surface area contributed by atoms with Crippen molar-refractivity contribution in [2.45, 2.75) is 19.9 Å². The molecule has 1 saturated heterocycles. The Bertz CT molecular complexity index is 583. The summed E-state index contributed by atoms with van der Waals surface area (Å²) in [5, 5.41) is 4.29. The molecule has 0 amide bonds. The van der Waals surface area contributed by atoms with Gasteiger partial charge in [-0.1, -0.05) is 11.6 Å². The average molecular weight is 341 g/mol. The normalized spacial score (nSPS) is 17.5. The Hall–Kier alpha value is -1.16. The molecule has 1 aromatic heterocycles. The minimum Gasteiger partial charge on any atom is -0.465 e. The fourth-order valence-electron chi connectivity index (χ4n) is 2.87. The van der Waals surface area contributed by atoms with Crippen molar-refractivity contribution in [2.24, 2.45) is 5.92 Å². The lowest BCUT2D eigenvalue weighted by Gasteiger charge is -2.18. The van der Waals surface area contributed by atoms with Crippen molar-refractivity contribution in [1.82, 2.24) is 5.32 Å². The zero-order chi connectivity index (χ0) is 14.7. The van der Waals surface area contributed by atoms with Crippen molar-refractivity contribution in [3.63, 3.8) is 0 Å². The van der Waals surface area contributed by atoms with Crippen LogP contribution in [0.2, 0.25) is 5.02 Å². The maximum atomic E-state index is 5.94. The van der Waals surface area contributed by atoms with E-state index in [1.54, 1.807) is 0 Å². The molecule has 1 aliphatic heterocycles. The number of rotatable bonds is 5. The van der Waals surface area contributed by atoms with Gasteiger partial charge in [-0.15, -0.1) is 12.4 Å². The van der Waals surface area contributed by atoms with Crippen LogP contribution in [0.5, 0.6) is 0 Å². The number of anilines is 1. The summed E-state index contributed by atoms with van der Waals surface area (Å²) in [6.07, 6.45) is 1.23. The summed E-state index contributed by atoms with van der Waals surface area (Å²) < 4.78 is 5.56. The van der Waals surface area contributed by atoms with E-state index in [9.17, 15) is 0 Å². The number of benzene rings is 1. The molecular formula is C17H22Cl2N2O. The van der Waals surface area contributed by atoms with Crippen LogP contribution in [0.4, 0.5) is 5.69 Å². The maximum absolute atomic E-state index is 5.94. The smallest absolute Gasteiger partial charge is 0.117 e. The van der Waals surface area contributed by atoms with Crippen molar-refractivity contribution in [2.75, 3.05) is 24.5 Å². The first-order valence-corrected chi connectivity index (χ1v) is 7.85. The van der Waals surface area contributed by atoms with Crippen LogP contribution in [0.1, 0.15) is 17.9 Å². The zero-order valence-electron chi connectivity index (χ0n) is 12.7. The zero-order valence-corrected chi connectivity index (χ0v) is 14.3. The van der Waals surface area contributed by atoms with Crippen LogP contribution in [-0.2, 0) is 6.54 Å². The van der Waals surface area contributed by atoms with Crippen LogP contribution in [0, 0.1) is 12.8 Å². The van der Waals surface area contributed by atoms with Crippen molar-refractivity contribution in [3.05, 3.63) is 52.9 Å². The van der Waals surface area contributed by atoms with E-state index in [1.807, 2.05) is 31.2 Å². The molecule has 0 saturated carbocycles. The molecular weight excluding hydrogens is 319 g/mol. The monoisotopic (exact) mass is 340 g/mol. The average Bonchev–Trinajstić information content (AvgIpc) is 3.09. The van der Waals surface area contributed by atoms with Gasteiger partial charge >= 0.3 is 0 Å². The van der Waals surface area contributed by atoms with Gasteiger partial charge in [0.25, 0.3) is 0 Å². The first kappa shape index (κ1) is 17.2. The standard InChI is InChI=1S/C17H21ClN2O.ClH/c1-13-2-7-17(21-13)11-19-10-14-8-9-20(12-14)16-5-3-15(18)4-6-16;/h2-7,14,19H,8-12H2,1H3;1H. The summed E-state index contributed by atoms with van der Waals surface area (Å²) in [7, 11) is 0. The van der Waals surface area contributed by atoms with E-state index in [2.05, 4.69) is 22.3 Å². The van der Waals surface area contributed by atoms with Gasteiger partial charge in [-0.3, -0.25) is 0 Å². The van der Waals surface area contributed by atoms with Crippen molar-refractivity contribution >= 4 is 29.7 Å². The molecule has 1 aromatic carbocycles. The molecule has 1 N–H and O–H groups in total. The number of hydrogen-bond acceptors (Lipinski definition) is 3. The number of nitrogens with zero attached hydrogens (tertiary/aromatic N) is 1. The fraction of sp³-hybridized carbons (Fsp3) is 0.412. The van der Waals surface area contributed by atoms with E-state index in [0.717, 1.165) is 42.7 Å². The molecule has 22 heavy (non-hydrogen) atoms. The lowest BCUT2D eigenvalue weighted by Crippen LogP contribution is -2.26. The highest BCUT2D eigenvalue weighted by Crippen LogP contribution is 2.24. The second kappa shape index (κ2) is 7.91. The number of furan rings is 1. The molecule has 0 spiro atoms. The summed E-state index contributed by atoms with van der Waals surface area (Å²) in [6, 6.07) is 12.2. The third kappa shape index (κ3) is 4.42. The molecule has 2 heterocycles. The SMILES string of the molecule is Cc1ccc(CNCC2CCN(c3ccc(Cl)cc3)C2)o1.Cl. The minimum atomic E-state index is 0. The third-order valence-electron chi connectivity index (χ3n) is 4.01. The largest absolute Gasteiger partial charge is 0.465 e. The fourth-order valence-corrected chi connectivity index (χ4v) is 2.99. The van der Waals surface area contributed by atoms with Crippen LogP contribution in [0.3, 0.4) is 0 Å². The topological polar surface area (TPSA) is 28.4 Å². The van der Waals surface area contributed by atoms with Crippen LogP contribution < -0.4 is 10.2 Å². The van der Waals surface area contributed by atoms with Gasteiger partial charge in [-0.2, -0.15) is 0 Å². The summed E-state index contributed by atoms with van der Waals surface area (Å²) in [6.45, 7) is 6.04. The molecule has 3 nitrogen and oxygen atoms in total. The highest BCUT2D eigenvalue weighted by molar-refractivity contribution is 6.30. The number of aryl methyl sites for hydroxylation is 1. The van der Waals surface area contributed by atoms with Gasteiger partial charge in [0.05, 0.1) is 6.54 Å². The van der Waals surface area contributed by atoms with Crippen LogP contribution in [-0.4, -0.2) is 19.6 Å². The van der Waals surface area contributed by atoms with Gasteiger partial charge in [0.1, 0.15) is 11.5 Å². The lowest BCUT2D eigenvalue weighted by atomic mass is 10.1. The molecule has 1 atom stereocenters. The van der Waals surface area contributed by atoms with E-state index >= 15 is 0 Å². The Kier molecular flexibility index (Phi) is 6.18. The molecule has 0 radical (unpaired) electrons. The minimum absolute atomic E-state index is 0. The Morgan fingerprint density at radius 2 is 2.00 bits per heavy atom. The van der Waals surface area contributed by atoms with Crippen LogP contribution >= 0.6 is 24.0 Å². The van der Waals surface area contributed by atoms with Gasteiger partial charge in [0.15, 0.2) is 0 Å². The second-order valence-corrected chi connectivity index (χ2v) is 6.16. The summed E-state index contributed by atoms with van der Waals surface area (Å²) in [5.41, 5.74) is 1.27. The summed E-state index contributed by atoms with van der Waals surface area (Å²) in [5.74, 6) is 2.68. The van der Waals surface area contributed by atoms with Gasteiger partial charge in [-0.05, 0) is 55.7 Å². The maximum Gasteiger partial charge on any atom is 0.117 e. The van der Waals surface area contributed by atoms with Gasteiger partial charge in [0.2, 0.25) is 0 Å². The van der Waals surface area contributed by atoms with E-state index < -0.39 is 0 Å². The van der Waals surface area contributed by atoms with Crippen LogP contribution in [0.15, 0.2) is 40.8 Å². The van der Waals surface area contributed by atoms with Crippen LogP contribution in [0.25, 0.3) is 0 Å². The third-order valence-corrected chi connectivity index (χ3v) is 4.26. The van der Waals surface area contributed by atoms with Crippen molar-refractivity contribution in [3.8, 4) is 0 Å². The predicted octanol–water partition coefficient (Wildman–Crippen LogP) is 4.28. The van der Waals surface area contributed by atoms with Gasteiger partial charge in [-0.25, -0.2) is 0 Å². The van der Waals surface area contributed by atoms with Gasteiger partial charge < -0.3 is 14.6 Å². The number of hydrogen-bond donors (Lipinski definition) is 1. The van der Waals surface area contributed by atoms with Crippen molar-refractivity contribution in [1.29, 1.82) is 0 Å². The Balaban J connectivity index is 0.00000176. The molecule has 0 aliphatic carbocycles. The van der Waals surface area contributed by atoms with Crippen molar-refractivity contribution < 1.29 is 4.42 Å². The van der Waals surface area contributed by atoms with Gasteiger partial charge in [0, 0.05) is 30.3 Å². The number of halogens is 2. The highest BCUT2D eigenvalue weighted by atomic mass is 35.5. The van der Waals surface area contributed by atoms with E-state index in [-0.39, 0.29) is 12.4 Å². The number of nitrogens with one attached hydrogen (secondary N) is 1. The van der Waals surface area contributed by atoms with E-state index in [0.29, 0.717) is 5.92 Å². The first-order valence-electron chi connectivity index (χ1n) is 7.47. The molecule has 1 unspecified atom stereocenters. The Morgan fingerprint density at radius 1 is 1.23 bits per heavy atom. The van der Waals surface area contributed by atoms with E-state index in [1.165, 1.54) is 12.1 Å². The summed E-state index contributed by atoms with van der Waals surface area (Å²) in [4.78, 5) is 2.43. The summed E-state index contributed by atoms with van der Waals surface area (Å²) >= 11 is 5.94.